The molecule has 1 saturated heterocycles. The fourth-order valence-electron chi connectivity index (χ4n) is 2.65. The van der Waals surface area contributed by atoms with Crippen molar-refractivity contribution in [1.82, 2.24) is 9.88 Å². The molecule has 2 N–H and O–H groups in total. The van der Waals surface area contributed by atoms with Gasteiger partial charge in [-0.1, -0.05) is 13.8 Å². The minimum absolute atomic E-state index is 0.107. The Labute approximate surface area is 119 Å². The summed E-state index contributed by atoms with van der Waals surface area (Å²) in [5.41, 5.74) is -0.0490. The van der Waals surface area contributed by atoms with Gasteiger partial charge >= 0.3 is 0 Å². The van der Waals surface area contributed by atoms with E-state index in [2.05, 4.69) is 23.7 Å². The molecule has 5 heteroatoms. The third-order valence-corrected chi connectivity index (χ3v) is 4.54. The monoisotopic (exact) mass is 280 g/mol. The summed E-state index contributed by atoms with van der Waals surface area (Å²) in [6.07, 6.45) is 2.34. The molecule has 1 aromatic heterocycles. The standard InChI is InChI=1S/C15H24N2O3/c1-14(2)10-17(6-5-15(14,3)19)9-11-7-12(18)13(20-4)8-16-11/h7-8,19H,5-6,9-10H2,1-4H3,(H,16,18). The lowest BCUT2D eigenvalue weighted by atomic mass is 9.71. The van der Waals surface area contributed by atoms with Crippen molar-refractivity contribution < 1.29 is 9.84 Å². The Balaban J connectivity index is 2.08. The van der Waals surface area contributed by atoms with E-state index in [1.807, 2.05) is 6.92 Å². The molecule has 1 aromatic rings. The maximum absolute atomic E-state index is 11.7. The van der Waals surface area contributed by atoms with Crippen molar-refractivity contribution in [3.05, 3.63) is 28.2 Å². The fraction of sp³-hybridized carbons (Fsp3) is 0.667. The molecule has 0 radical (unpaired) electrons. The van der Waals surface area contributed by atoms with Gasteiger partial charge in [0.2, 0.25) is 5.43 Å². The van der Waals surface area contributed by atoms with Crippen molar-refractivity contribution in [1.29, 1.82) is 0 Å². The summed E-state index contributed by atoms with van der Waals surface area (Å²) >= 11 is 0. The van der Waals surface area contributed by atoms with E-state index in [9.17, 15) is 9.90 Å². The van der Waals surface area contributed by atoms with Crippen LogP contribution in [-0.2, 0) is 6.54 Å². The summed E-state index contributed by atoms with van der Waals surface area (Å²) in [6, 6.07) is 1.58. The molecule has 0 spiro atoms. The molecule has 0 saturated carbocycles. The van der Waals surface area contributed by atoms with E-state index >= 15 is 0 Å². The quantitative estimate of drug-likeness (QED) is 0.877. The number of aromatic amines is 1. The highest BCUT2D eigenvalue weighted by Crippen LogP contribution is 2.38. The SMILES string of the molecule is COc1c[nH]c(CN2CCC(C)(O)C(C)(C)C2)cc1=O. The third-order valence-electron chi connectivity index (χ3n) is 4.54. The van der Waals surface area contributed by atoms with Gasteiger partial charge in [-0.25, -0.2) is 0 Å². The van der Waals surface area contributed by atoms with Gasteiger partial charge < -0.3 is 14.8 Å². The smallest absolute Gasteiger partial charge is 0.223 e. The Morgan fingerprint density at radius 3 is 2.70 bits per heavy atom. The largest absolute Gasteiger partial charge is 0.491 e. The van der Waals surface area contributed by atoms with Crippen LogP contribution in [-0.4, -0.2) is 40.8 Å². The van der Waals surface area contributed by atoms with Gasteiger partial charge in [0.15, 0.2) is 5.75 Å². The molecule has 1 aliphatic rings. The van der Waals surface area contributed by atoms with Gasteiger partial charge in [-0.2, -0.15) is 0 Å². The summed E-state index contributed by atoms with van der Waals surface area (Å²) in [7, 11) is 1.49. The van der Waals surface area contributed by atoms with Crippen molar-refractivity contribution >= 4 is 0 Å². The lowest BCUT2D eigenvalue weighted by molar-refractivity contribution is -0.107. The summed E-state index contributed by atoms with van der Waals surface area (Å²) < 4.78 is 4.96. The number of hydrogen-bond acceptors (Lipinski definition) is 4. The molecule has 0 bridgehead atoms. The molecule has 112 valence electrons. The number of aliphatic hydroxyl groups is 1. The van der Waals surface area contributed by atoms with E-state index in [4.69, 9.17) is 4.74 Å². The second-order valence-electron chi connectivity index (χ2n) is 6.51. The predicted octanol–water partition coefficient (Wildman–Crippen LogP) is 1.37. The van der Waals surface area contributed by atoms with Crippen LogP contribution in [0.15, 0.2) is 17.1 Å². The second-order valence-corrected chi connectivity index (χ2v) is 6.51. The van der Waals surface area contributed by atoms with E-state index < -0.39 is 5.60 Å². The average molecular weight is 280 g/mol. The lowest BCUT2D eigenvalue weighted by Crippen LogP contribution is -2.55. The van der Waals surface area contributed by atoms with Crippen LogP contribution in [0.3, 0.4) is 0 Å². The van der Waals surface area contributed by atoms with Crippen LogP contribution in [0.2, 0.25) is 0 Å². The topological polar surface area (TPSA) is 65.6 Å². The highest BCUT2D eigenvalue weighted by Gasteiger charge is 2.43. The third kappa shape index (κ3) is 2.88. The number of nitrogens with zero attached hydrogens (tertiary/aromatic N) is 1. The number of hydrogen-bond donors (Lipinski definition) is 2. The highest BCUT2D eigenvalue weighted by atomic mass is 16.5. The molecule has 20 heavy (non-hydrogen) atoms. The molecule has 0 aliphatic carbocycles. The van der Waals surface area contributed by atoms with E-state index in [-0.39, 0.29) is 10.8 Å². The Kier molecular flexibility index (Phi) is 3.93. The van der Waals surface area contributed by atoms with E-state index in [0.717, 1.165) is 25.2 Å². The zero-order chi connectivity index (χ0) is 15.0. The van der Waals surface area contributed by atoms with Crippen LogP contribution >= 0.6 is 0 Å². The molecular formula is C15H24N2O3. The van der Waals surface area contributed by atoms with Crippen LogP contribution in [0.1, 0.15) is 32.9 Å². The molecule has 2 rings (SSSR count). The van der Waals surface area contributed by atoms with E-state index in [1.165, 1.54) is 7.11 Å². The molecule has 5 nitrogen and oxygen atoms in total. The number of nitrogens with one attached hydrogen (secondary N) is 1. The molecule has 1 unspecified atom stereocenters. The van der Waals surface area contributed by atoms with Crippen LogP contribution in [0.4, 0.5) is 0 Å². The van der Waals surface area contributed by atoms with E-state index in [0.29, 0.717) is 12.3 Å². The number of likely N-dealkylation sites (tertiary alicyclic amines) is 1. The summed E-state index contributed by atoms with van der Waals surface area (Å²) in [6.45, 7) is 8.36. The summed E-state index contributed by atoms with van der Waals surface area (Å²) in [5.74, 6) is 0.329. The molecule has 0 aromatic carbocycles. The molecule has 0 amide bonds. The zero-order valence-electron chi connectivity index (χ0n) is 12.7. The normalized spacial score (nSPS) is 26.4. The Morgan fingerprint density at radius 1 is 1.45 bits per heavy atom. The number of piperidine rings is 1. The first-order valence-corrected chi connectivity index (χ1v) is 6.95. The van der Waals surface area contributed by atoms with Crippen LogP contribution in [0, 0.1) is 5.41 Å². The van der Waals surface area contributed by atoms with Crippen LogP contribution in [0.5, 0.6) is 5.75 Å². The number of aromatic nitrogens is 1. The molecule has 1 atom stereocenters. The minimum Gasteiger partial charge on any atom is -0.491 e. The minimum atomic E-state index is -0.642. The number of methoxy groups -OCH3 is 1. The Bertz CT molecular complexity index is 534. The van der Waals surface area contributed by atoms with Crippen molar-refractivity contribution in [2.24, 2.45) is 5.41 Å². The van der Waals surface area contributed by atoms with E-state index in [1.54, 1.807) is 12.3 Å². The predicted molar refractivity (Wildman–Crippen MR) is 77.9 cm³/mol. The second kappa shape index (κ2) is 5.22. The lowest BCUT2D eigenvalue weighted by Gasteiger charge is -2.48. The van der Waals surface area contributed by atoms with Gasteiger partial charge in [0.05, 0.1) is 12.7 Å². The van der Waals surface area contributed by atoms with Gasteiger partial charge in [0.25, 0.3) is 0 Å². The van der Waals surface area contributed by atoms with Gasteiger partial charge in [-0.05, 0) is 13.3 Å². The Morgan fingerprint density at radius 2 is 2.15 bits per heavy atom. The number of rotatable bonds is 3. The maximum atomic E-state index is 11.7. The molecular weight excluding hydrogens is 256 g/mol. The van der Waals surface area contributed by atoms with Crippen molar-refractivity contribution in [2.45, 2.75) is 39.3 Å². The van der Waals surface area contributed by atoms with Gasteiger partial charge in [0, 0.05) is 43.0 Å². The highest BCUT2D eigenvalue weighted by molar-refractivity contribution is 5.20. The molecule has 2 heterocycles. The number of pyridine rings is 1. The van der Waals surface area contributed by atoms with Crippen molar-refractivity contribution in [3.63, 3.8) is 0 Å². The van der Waals surface area contributed by atoms with Gasteiger partial charge in [-0.3, -0.25) is 9.69 Å². The average Bonchev–Trinajstić information content (AvgIpc) is 2.34. The van der Waals surface area contributed by atoms with Crippen LogP contribution in [0.25, 0.3) is 0 Å². The number of ether oxygens (including phenoxy) is 1. The molecule has 1 fully saturated rings. The van der Waals surface area contributed by atoms with Crippen molar-refractivity contribution in [3.8, 4) is 5.75 Å². The maximum Gasteiger partial charge on any atom is 0.223 e. The summed E-state index contributed by atoms with van der Waals surface area (Å²) in [4.78, 5) is 17.1. The Hall–Kier alpha value is -1.33. The summed E-state index contributed by atoms with van der Waals surface area (Å²) in [5, 5.41) is 10.4. The first-order valence-electron chi connectivity index (χ1n) is 6.95. The molecule has 1 aliphatic heterocycles. The van der Waals surface area contributed by atoms with Crippen molar-refractivity contribution in [2.75, 3.05) is 20.2 Å². The van der Waals surface area contributed by atoms with Gasteiger partial charge in [0.1, 0.15) is 0 Å². The fourth-order valence-corrected chi connectivity index (χ4v) is 2.65. The zero-order valence-corrected chi connectivity index (χ0v) is 12.7. The first kappa shape index (κ1) is 15.1. The van der Waals surface area contributed by atoms with Gasteiger partial charge in [-0.15, -0.1) is 0 Å². The van der Waals surface area contributed by atoms with Crippen LogP contribution < -0.4 is 10.2 Å². The first-order chi connectivity index (χ1) is 9.25. The number of H-pyrrole nitrogens is 1.